The monoisotopic (exact) mass is 418 g/mol. The molecule has 0 atom stereocenters. The van der Waals surface area contributed by atoms with Gasteiger partial charge in [0.2, 0.25) is 5.78 Å². The predicted octanol–water partition coefficient (Wildman–Crippen LogP) is 5.01. The molecule has 0 fully saturated rings. The number of halogens is 1. The standard InChI is InChI=1S/C24H19ClN2O3/c1-15-23-18(13-27(14-29-23)12-17-4-2-3-5-20(17)25)11-19-22(28)21(30-24(15)19)10-16-6-8-26-9-7-16/h2-11H,12-14H2,1H3/b21-10-. The Balaban J connectivity index is 1.43. The van der Waals surface area contributed by atoms with E-state index in [1.54, 1.807) is 18.5 Å². The Bertz CT molecular complexity index is 1170. The summed E-state index contributed by atoms with van der Waals surface area (Å²) in [6.45, 7) is 3.73. The lowest BCUT2D eigenvalue weighted by atomic mass is 10.00. The van der Waals surface area contributed by atoms with Crippen LogP contribution < -0.4 is 9.47 Å². The smallest absolute Gasteiger partial charge is 0.231 e. The number of ether oxygens (including phenoxy) is 2. The van der Waals surface area contributed by atoms with E-state index < -0.39 is 0 Å². The second-order valence-electron chi connectivity index (χ2n) is 7.44. The van der Waals surface area contributed by atoms with Gasteiger partial charge in [0.25, 0.3) is 0 Å². The fourth-order valence-electron chi connectivity index (χ4n) is 3.88. The number of fused-ring (bicyclic) bond motifs is 2. The minimum absolute atomic E-state index is 0.115. The third-order valence-corrected chi connectivity index (χ3v) is 5.73. The van der Waals surface area contributed by atoms with Crippen molar-refractivity contribution in [3.8, 4) is 11.5 Å². The van der Waals surface area contributed by atoms with E-state index in [-0.39, 0.29) is 5.78 Å². The molecule has 2 aliphatic heterocycles. The molecule has 0 saturated carbocycles. The molecule has 6 heteroatoms. The van der Waals surface area contributed by atoms with E-state index in [0.717, 1.165) is 33.0 Å². The lowest BCUT2D eigenvalue weighted by Crippen LogP contribution is -2.32. The molecule has 150 valence electrons. The fraction of sp³-hybridized carbons (Fsp3) is 0.167. The topological polar surface area (TPSA) is 51.7 Å². The van der Waals surface area contributed by atoms with Gasteiger partial charge in [-0.15, -0.1) is 0 Å². The van der Waals surface area contributed by atoms with Crippen LogP contribution in [-0.4, -0.2) is 22.4 Å². The lowest BCUT2D eigenvalue weighted by molar-refractivity contribution is 0.0877. The molecular weight excluding hydrogens is 400 g/mol. The van der Waals surface area contributed by atoms with Crippen molar-refractivity contribution in [2.45, 2.75) is 20.0 Å². The van der Waals surface area contributed by atoms with E-state index in [1.165, 1.54) is 0 Å². The van der Waals surface area contributed by atoms with Crippen LogP contribution in [0.25, 0.3) is 6.08 Å². The minimum Gasteiger partial charge on any atom is -0.477 e. The molecule has 3 heterocycles. The summed E-state index contributed by atoms with van der Waals surface area (Å²) < 4.78 is 12.0. The summed E-state index contributed by atoms with van der Waals surface area (Å²) in [7, 11) is 0. The zero-order chi connectivity index (χ0) is 20.7. The van der Waals surface area contributed by atoms with Crippen molar-refractivity contribution in [3.63, 3.8) is 0 Å². The van der Waals surface area contributed by atoms with E-state index in [0.29, 0.717) is 36.9 Å². The molecular formula is C24H19ClN2O3. The number of hydrogen-bond donors (Lipinski definition) is 0. The van der Waals surface area contributed by atoms with Crippen molar-refractivity contribution in [1.82, 2.24) is 9.88 Å². The van der Waals surface area contributed by atoms with Gasteiger partial charge in [0.15, 0.2) is 5.76 Å². The predicted molar refractivity (Wildman–Crippen MR) is 115 cm³/mol. The Morgan fingerprint density at radius 3 is 2.77 bits per heavy atom. The second-order valence-corrected chi connectivity index (χ2v) is 7.85. The average molecular weight is 419 g/mol. The first-order chi connectivity index (χ1) is 14.6. The van der Waals surface area contributed by atoms with Gasteiger partial charge < -0.3 is 9.47 Å². The Labute approximate surface area is 179 Å². The maximum Gasteiger partial charge on any atom is 0.231 e. The number of benzene rings is 2. The van der Waals surface area contributed by atoms with Crippen molar-refractivity contribution >= 4 is 23.5 Å². The normalized spacial score (nSPS) is 16.7. The summed E-state index contributed by atoms with van der Waals surface area (Å²) in [5, 5.41) is 0.739. The SMILES string of the molecule is Cc1c2c(cc3c1O/C(=C\c1ccncc1)C3=O)CN(Cc1ccccc1Cl)CO2. The molecule has 0 spiro atoms. The number of ketones is 1. The van der Waals surface area contributed by atoms with Crippen molar-refractivity contribution in [2.75, 3.05) is 6.73 Å². The van der Waals surface area contributed by atoms with Gasteiger partial charge in [-0.25, -0.2) is 0 Å². The first-order valence-corrected chi connectivity index (χ1v) is 10.1. The van der Waals surface area contributed by atoms with Gasteiger partial charge in [0.05, 0.1) is 5.56 Å². The number of pyridine rings is 1. The van der Waals surface area contributed by atoms with Crippen molar-refractivity contribution < 1.29 is 14.3 Å². The van der Waals surface area contributed by atoms with Crippen molar-refractivity contribution in [2.24, 2.45) is 0 Å². The highest BCUT2D eigenvalue weighted by molar-refractivity contribution is 6.31. The van der Waals surface area contributed by atoms with Crippen LogP contribution in [0.3, 0.4) is 0 Å². The maximum absolute atomic E-state index is 13.0. The van der Waals surface area contributed by atoms with Crippen LogP contribution in [0, 0.1) is 6.92 Å². The number of allylic oxidation sites excluding steroid dienone is 1. The molecule has 5 rings (SSSR count). The van der Waals surface area contributed by atoms with Gasteiger partial charge in [-0.1, -0.05) is 29.8 Å². The van der Waals surface area contributed by atoms with Crippen LogP contribution in [0.2, 0.25) is 5.02 Å². The number of carbonyl (C=O) groups is 1. The molecule has 0 amide bonds. The number of nitrogens with zero attached hydrogens (tertiary/aromatic N) is 2. The summed E-state index contributed by atoms with van der Waals surface area (Å²) in [4.78, 5) is 19.1. The second kappa shape index (κ2) is 7.59. The Hall–Kier alpha value is -3.15. The van der Waals surface area contributed by atoms with Crippen LogP contribution >= 0.6 is 11.6 Å². The van der Waals surface area contributed by atoms with Gasteiger partial charge in [-0.05, 0) is 48.4 Å². The van der Waals surface area contributed by atoms with Gasteiger partial charge >= 0.3 is 0 Å². The number of Topliss-reactive ketones (excluding diaryl/α,β-unsaturated/α-hetero) is 1. The van der Waals surface area contributed by atoms with E-state index in [9.17, 15) is 4.79 Å². The van der Waals surface area contributed by atoms with Gasteiger partial charge in [0, 0.05) is 41.6 Å². The number of carbonyl (C=O) groups excluding carboxylic acids is 1. The Morgan fingerprint density at radius 2 is 1.97 bits per heavy atom. The van der Waals surface area contributed by atoms with E-state index in [1.807, 2.05) is 49.4 Å². The molecule has 2 aromatic carbocycles. The molecule has 0 bridgehead atoms. The summed E-state index contributed by atoms with van der Waals surface area (Å²) in [6, 6.07) is 13.4. The average Bonchev–Trinajstić information content (AvgIpc) is 3.06. The van der Waals surface area contributed by atoms with Crippen molar-refractivity contribution in [3.05, 3.63) is 93.5 Å². The first-order valence-electron chi connectivity index (χ1n) is 9.69. The maximum atomic E-state index is 13.0. The highest BCUT2D eigenvalue weighted by atomic mass is 35.5. The molecule has 30 heavy (non-hydrogen) atoms. The zero-order valence-corrected chi connectivity index (χ0v) is 17.1. The molecule has 0 unspecified atom stereocenters. The Morgan fingerprint density at radius 1 is 1.17 bits per heavy atom. The molecule has 5 nitrogen and oxygen atoms in total. The number of hydrogen-bond acceptors (Lipinski definition) is 5. The van der Waals surface area contributed by atoms with E-state index in [2.05, 4.69) is 9.88 Å². The molecule has 0 aliphatic carbocycles. The summed E-state index contributed by atoms with van der Waals surface area (Å²) in [6.07, 6.45) is 5.11. The summed E-state index contributed by atoms with van der Waals surface area (Å²) in [5.74, 6) is 1.58. The summed E-state index contributed by atoms with van der Waals surface area (Å²) in [5.41, 5.74) is 4.32. The number of rotatable bonds is 3. The molecule has 0 N–H and O–H groups in total. The quantitative estimate of drug-likeness (QED) is 0.559. The molecule has 1 aromatic heterocycles. The summed E-state index contributed by atoms with van der Waals surface area (Å²) >= 11 is 6.31. The third-order valence-electron chi connectivity index (χ3n) is 5.36. The van der Waals surface area contributed by atoms with Crippen LogP contribution in [0.15, 0.2) is 60.6 Å². The van der Waals surface area contributed by atoms with Crippen LogP contribution in [-0.2, 0) is 13.1 Å². The van der Waals surface area contributed by atoms with Crippen LogP contribution in [0.1, 0.15) is 32.6 Å². The fourth-order valence-corrected chi connectivity index (χ4v) is 4.07. The number of aromatic nitrogens is 1. The molecule has 3 aromatic rings. The van der Waals surface area contributed by atoms with E-state index >= 15 is 0 Å². The highest BCUT2D eigenvalue weighted by Crippen LogP contribution is 2.43. The van der Waals surface area contributed by atoms with Crippen LogP contribution in [0.5, 0.6) is 11.5 Å². The largest absolute Gasteiger partial charge is 0.477 e. The van der Waals surface area contributed by atoms with Gasteiger partial charge in [0.1, 0.15) is 18.2 Å². The van der Waals surface area contributed by atoms with E-state index in [4.69, 9.17) is 21.1 Å². The molecule has 0 radical (unpaired) electrons. The molecule has 0 saturated heterocycles. The third kappa shape index (κ3) is 3.36. The lowest BCUT2D eigenvalue weighted by Gasteiger charge is -2.30. The van der Waals surface area contributed by atoms with Crippen LogP contribution in [0.4, 0.5) is 0 Å². The highest BCUT2D eigenvalue weighted by Gasteiger charge is 2.33. The van der Waals surface area contributed by atoms with Crippen molar-refractivity contribution in [1.29, 1.82) is 0 Å². The molecule has 2 aliphatic rings. The minimum atomic E-state index is -0.115. The first kappa shape index (κ1) is 18.9. The van der Waals surface area contributed by atoms with Gasteiger partial charge in [-0.2, -0.15) is 0 Å². The van der Waals surface area contributed by atoms with Gasteiger partial charge in [-0.3, -0.25) is 14.7 Å². The zero-order valence-electron chi connectivity index (χ0n) is 16.4. The Kier molecular flexibility index (Phi) is 4.77.